The molecule has 2 aromatic heterocycles. The van der Waals surface area contributed by atoms with E-state index in [4.69, 9.17) is 0 Å². The lowest BCUT2D eigenvalue weighted by atomic mass is 10.1. The second-order valence-corrected chi connectivity index (χ2v) is 7.16. The van der Waals surface area contributed by atoms with E-state index in [1.165, 1.54) is 12.4 Å². The van der Waals surface area contributed by atoms with Gasteiger partial charge in [0.05, 0.1) is 24.9 Å². The van der Waals surface area contributed by atoms with Gasteiger partial charge in [-0.05, 0) is 42.8 Å². The Balaban J connectivity index is 1.43. The number of halogens is 2. The van der Waals surface area contributed by atoms with Crippen molar-refractivity contribution in [3.63, 3.8) is 0 Å². The highest BCUT2D eigenvalue weighted by atomic mass is 19.2. The van der Waals surface area contributed by atoms with Gasteiger partial charge in [0.25, 0.3) is 11.5 Å². The molecule has 0 saturated heterocycles. The summed E-state index contributed by atoms with van der Waals surface area (Å²) in [5.74, 6) is 3.82. The third-order valence-corrected chi connectivity index (χ3v) is 4.75. The fraction of sp³-hybridized carbons (Fsp3) is 0.125. The van der Waals surface area contributed by atoms with E-state index in [2.05, 4.69) is 32.1 Å². The average molecular weight is 445 g/mol. The van der Waals surface area contributed by atoms with Gasteiger partial charge in [0.2, 0.25) is 0 Å². The van der Waals surface area contributed by atoms with Crippen LogP contribution in [0.5, 0.6) is 0 Å². The molecule has 0 fully saturated rings. The van der Waals surface area contributed by atoms with Crippen molar-refractivity contribution >= 4 is 16.8 Å². The van der Waals surface area contributed by atoms with Crippen molar-refractivity contribution in [2.75, 3.05) is 6.54 Å². The van der Waals surface area contributed by atoms with E-state index in [1.807, 2.05) is 25.1 Å². The number of carbonyl (C=O) groups is 1. The van der Waals surface area contributed by atoms with Gasteiger partial charge in [-0.1, -0.05) is 17.9 Å². The molecule has 9 heteroatoms. The SMILES string of the molecule is Cc1ncc2cc(C#CCNC(=O)c3cncn(Cc4ccc(F)c(F)c4)c3=O)ccc2n1. The number of aromatic nitrogens is 4. The molecule has 33 heavy (non-hydrogen) atoms. The van der Waals surface area contributed by atoms with Gasteiger partial charge in [-0.2, -0.15) is 0 Å². The van der Waals surface area contributed by atoms with Crippen LogP contribution in [-0.2, 0) is 6.54 Å². The largest absolute Gasteiger partial charge is 0.341 e. The highest BCUT2D eigenvalue weighted by Gasteiger charge is 2.13. The van der Waals surface area contributed by atoms with Crippen molar-refractivity contribution in [3.05, 3.63) is 99.6 Å². The van der Waals surface area contributed by atoms with Crippen LogP contribution in [-0.4, -0.2) is 32.0 Å². The average Bonchev–Trinajstić information content (AvgIpc) is 2.80. The van der Waals surface area contributed by atoms with E-state index in [-0.39, 0.29) is 18.7 Å². The van der Waals surface area contributed by atoms with Gasteiger partial charge in [-0.15, -0.1) is 0 Å². The molecule has 164 valence electrons. The molecule has 7 nitrogen and oxygen atoms in total. The van der Waals surface area contributed by atoms with Gasteiger partial charge in [-0.3, -0.25) is 14.2 Å². The molecule has 0 spiro atoms. The molecule has 1 amide bonds. The van der Waals surface area contributed by atoms with Crippen LogP contribution in [0.3, 0.4) is 0 Å². The molecular formula is C24H17F2N5O2. The number of benzene rings is 2. The maximum absolute atomic E-state index is 13.4. The summed E-state index contributed by atoms with van der Waals surface area (Å²) < 4.78 is 27.7. The van der Waals surface area contributed by atoms with Gasteiger partial charge in [0.1, 0.15) is 11.4 Å². The molecule has 0 aliphatic rings. The van der Waals surface area contributed by atoms with Crippen molar-refractivity contribution in [2.24, 2.45) is 0 Å². The van der Waals surface area contributed by atoms with Crippen LogP contribution in [0.1, 0.15) is 27.3 Å². The van der Waals surface area contributed by atoms with E-state index < -0.39 is 23.1 Å². The summed E-state index contributed by atoms with van der Waals surface area (Å²) in [6, 6.07) is 8.83. The highest BCUT2D eigenvalue weighted by molar-refractivity contribution is 5.93. The first-order valence-corrected chi connectivity index (χ1v) is 9.89. The molecule has 0 atom stereocenters. The zero-order valence-electron chi connectivity index (χ0n) is 17.5. The molecule has 2 aromatic carbocycles. The first-order valence-electron chi connectivity index (χ1n) is 9.89. The van der Waals surface area contributed by atoms with Crippen molar-refractivity contribution in [1.29, 1.82) is 0 Å². The number of hydrogen-bond donors (Lipinski definition) is 1. The van der Waals surface area contributed by atoms with Crippen molar-refractivity contribution in [1.82, 2.24) is 24.8 Å². The van der Waals surface area contributed by atoms with Crippen LogP contribution < -0.4 is 10.9 Å². The Morgan fingerprint density at radius 2 is 1.97 bits per heavy atom. The summed E-state index contributed by atoms with van der Waals surface area (Å²) >= 11 is 0. The quantitative estimate of drug-likeness (QED) is 0.488. The monoisotopic (exact) mass is 445 g/mol. The van der Waals surface area contributed by atoms with E-state index in [0.717, 1.165) is 39.4 Å². The number of rotatable bonds is 4. The van der Waals surface area contributed by atoms with E-state index in [0.29, 0.717) is 11.4 Å². The fourth-order valence-corrected chi connectivity index (χ4v) is 3.12. The summed E-state index contributed by atoms with van der Waals surface area (Å²) in [6.07, 6.45) is 4.10. The maximum atomic E-state index is 13.4. The molecule has 4 aromatic rings. The lowest BCUT2D eigenvalue weighted by Gasteiger charge is -2.08. The minimum absolute atomic E-state index is 0.0127. The minimum atomic E-state index is -1.02. The standard InChI is InChI=1S/C24H17F2N5O2/c1-15-29-11-18-9-16(5-7-22(18)30-15)3-2-8-28-23(32)19-12-27-14-31(24(19)33)13-17-4-6-20(25)21(26)10-17/h4-7,9-12,14H,8,13H2,1H3,(H,28,32). The van der Waals surface area contributed by atoms with Crippen LogP contribution in [0.15, 0.2) is 59.9 Å². The number of nitrogens with zero attached hydrogens (tertiary/aromatic N) is 4. The first-order chi connectivity index (χ1) is 15.9. The predicted octanol–water partition coefficient (Wildman–Crippen LogP) is 2.60. The van der Waals surface area contributed by atoms with Gasteiger partial charge in [-0.25, -0.2) is 23.7 Å². The lowest BCUT2D eigenvalue weighted by Crippen LogP contribution is -2.33. The zero-order valence-corrected chi connectivity index (χ0v) is 17.5. The Morgan fingerprint density at radius 3 is 2.79 bits per heavy atom. The molecular weight excluding hydrogens is 428 g/mol. The first kappa shape index (κ1) is 21.8. The Bertz CT molecular complexity index is 1490. The number of aryl methyl sites for hydroxylation is 1. The fourth-order valence-electron chi connectivity index (χ4n) is 3.12. The summed E-state index contributed by atoms with van der Waals surface area (Å²) in [7, 11) is 0. The number of nitrogens with one attached hydrogen (secondary N) is 1. The topological polar surface area (TPSA) is 89.8 Å². The summed E-state index contributed by atoms with van der Waals surface area (Å²) in [4.78, 5) is 37.4. The molecule has 4 rings (SSSR count). The van der Waals surface area contributed by atoms with Crippen LogP contribution in [0.25, 0.3) is 10.9 Å². The number of carbonyl (C=O) groups excluding carboxylic acids is 1. The maximum Gasteiger partial charge on any atom is 0.266 e. The summed E-state index contributed by atoms with van der Waals surface area (Å²) in [6.45, 7) is 1.77. The minimum Gasteiger partial charge on any atom is -0.341 e. The predicted molar refractivity (Wildman–Crippen MR) is 117 cm³/mol. The normalized spacial score (nSPS) is 10.5. The molecule has 0 aliphatic heterocycles. The second-order valence-electron chi connectivity index (χ2n) is 7.16. The van der Waals surface area contributed by atoms with Crippen molar-refractivity contribution < 1.29 is 13.6 Å². The highest BCUT2D eigenvalue weighted by Crippen LogP contribution is 2.12. The Morgan fingerprint density at radius 1 is 1.12 bits per heavy atom. The van der Waals surface area contributed by atoms with Gasteiger partial charge < -0.3 is 5.32 Å². The third-order valence-electron chi connectivity index (χ3n) is 4.75. The second kappa shape index (κ2) is 9.36. The molecule has 0 bridgehead atoms. The van der Waals surface area contributed by atoms with Crippen molar-refractivity contribution in [3.8, 4) is 11.8 Å². The summed E-state index contributed by atoms with van der Waals surface area (Å²) in [5.41, 5.74) is 1.12. The molecule has 0 unspecified atom stereocenters. The van der Waals surface area contributed by atoms with Crippen LogP contribution in [0.4, 0.5) is 8.78 Å². The third kappa shape index (κ3) is 5.07. The molecule has 2 heterocycles. The number of fused-ring (bicyclic) bond motifs is 1. The summed E-state index contributed by atoms with van der Waals surface area (Å²) in [5, 5.41) is 3.42. The Labute approximate surface area is 187 Å². The van der Waals surface area contributed by atoms with E-state index in [1.54, 1.807) is 6.20 Å². The van der Waals surface area contributed by atoms with Gasteiger partial charge in [0.15, 0.2) is 11.6 Å². The molecule has 1 N–H and O–H groups in total. The molecule has 0 aliphatic carbocycles. The molecule has 0 radical (unpaired) electrons. The van der Waals surface area contributed by atoms with Crippen LogP contribution in [0, 0.1) is 30.4 Å². The number of amides is 1. The van der Waals surface area contributed by atoms with E-state index in [9.17, 15) is 18.4 Å². The van der Waals surface area contributed by atoms with Crippen LogP contribution in [0.2, 0.25) is 0 Å². The van der Waals surface area contributed by atoms with Crippen LogP contribution >= 0.6 is 0 Å². The Kier molecular flexibility index (Phi) is 6.17. The van der Waals surface area contributed by atoms with Gasteiger partial charge in [0, 0.05) is 23.3 Å². The van der Waals surface area contributed by atoms with Gasteiger partial charge >= 0.3 is 0 Å². The van der Waals surface area contributed by atoms with Crippen molar-refractivity contribution in [2.45, 2.75) is 13.5 Å². The van der Waals surface area contributed by atoms with E-state index >= 15 is 0 Å². The lowest BCUT2D eigenvalue weighted by molar-refractivity contribution is 0.0956. The Hall–Kier alpha value is -4.45. The number of hydrogen-bond acceptors (Lipinski definition) is 5. The smallest absolute Gasteiger partial charge is 0.266 e. The zero-order chi connectivity index (χ0) is 23.4. The molecule has 0 saturated carbocycles.